The lowest BCUT2D eigenvalue weighted by molar-refractivity contribution is -0.135. The highest BCUT2D eigenvalue weighted by atomic mass is 35.5. The summed E-state index contributed by atoms with van der Waals surface area (Å²) < 4.78 is 107. The van der Waals surface area contributed by atoms with Crippen molar-refractivity contribution in [1.82, 2.24) is 68.9 Å². The topological polar surface area (TPSA) is 256 Å². The van der Waals surface area contributed by atoms with Gasteiger partial charge in [0.25, 0.3) is 11.8 Å². The summed E-state index contributed by atoms with van der Waals surface area (Å²) in [4.78, 5) is 36.6. The number of halogens is 5. The first-order valence-electron chi connectivity index (χ1n) is 26.2. The fraction of sp³-hybridized carbons (Fsp3) is 0.321. The molecule has 2 fully saturated rings. The molecule has 0 spiro atoms. The van der Waals surface area contributed by atoms with Crippen LogP contribution in [-0.4, -0.2) is 162 Å². The molecule has 0 bridgehead atoms. The van der Waals surface area contributed by atoms with Gasteiger partial charge in [-0.3, -0.25) is 0 Å². The molecule has 12 rings (SSSR count). The first-order chi connectivity index (χ1) is 40.8. The molecule has 2 aliphatic rings. The maximum Gasteiger partial charge on any atom is 0.296 e. The van der Waals surface area contributed by atoms with E-state index in [2.05, 4.69) is 55.4 Å². The number of benzene rings is 4. The number of alkyl halides is 4. The maximum atomic E-state index is 15.1. The third-order valence-corrected chi connectivity index (χ3v) is 14.0. The summed E-state index contributed by atoms with van der Waals surface area (Å²) in [6, 6.07) is 17.6. The summed E-state index contributed by atoms with van der Waals surface area (Å²) in [5.74, 6) is -2.48. The van der Waals surface area contributed by atoms with Gasteiger partial charge in [-0.2, -0.15) is 10.2 Å². The first kappa shape index (κ1) is 58.8. The van der Waals surface area contributed by atoms with Crippen LogP contribution in [0.3, 0.4) is 0 Å². The van der Waals surface area contributed by atoms with Crippen LogP contribution in [0.15, 0.2) is 98.6 Å². The van der Waals surface area contributed by atoms with E-state index in [0.29, 0.717) is 92.4 Å². The average Bonchev–Trinajstić information content (AvgIpc) is 2.89. The van der Waals surface area contributed by atoms with Crippen molar-refractivity contribution < 1.29 is 55.5 Å². The number of nitrogens with zero attached hydrogens (tertiary/aromatic N) is 14. The summed E-state index contributed by atoms with van der Waals surface area (Å²) in [6.07, 6.45) is 6.24. The smallest absolute Gasteiger partial charge is 0.296 e. The lowest BCUT2D eigenvalue weighted by atomic mass is 10.0. The van der Waals surface area contributed by atoms with E-state index in [0.717, 1.165) is 16.9 Å². The Morgan fingerprint density at radius 2 is 1.05 bits per heavy atom. The third-order valence-electron chi connectivity index (χ3n) is 13.7. The zero-order valence-corrected chi connectivity index (χ0v) is 47.9. The van der Waals surface area contributed by atoms with E-state index < -0.39 is 30.6 Å². The number of aromatic nitrogens is 12. The number of hydrogen-bond donors (Lipinski definition) is 2. The van der Waals surface area contributed by atoms with E-state index in [1.807, 2.05) is 32.0 Å². The van der Waals surface area contributed by atoms with Gasteiger partial charge in [-0.15, -0.1) is 0 Å². The minimum atomic E-state index is -3.09. The van der Waals surface area contributed by atoms with Crippen LogP contribution in [0.1, 0.15) is 24.0 Å². The molecular formula is C56H57ClF4N16O8. The van der Waals surface area contributed by atoms with Crippen molar-refractivity contribution in [1.29, 1.82) is 0 Å². The van der Waals surface area contributed by atoms with E-state index in [1.54, 1.807) is 77.2 Å². The van der Waals surface area contributed by atoms with Gasteiger partial charge in [0.05, 0.1) is 63.3 Å². The Morgan fingerprint density at radius 3 is 1.54 bits per heavy atom. The minimum absolute atomic E-state index is 0.0664. The zero-order chi connectivity index (χ0) is 60.2. The molecule has 4 aromatic carbocycles. The molecule has 8 heterocycles. The lowest BCUT2D eigenvalue weighted by Crippen LogP contribution is -2.52. The van der Waals surface area contributed by atoms with Crippen molar-refractivity contribution in [3.05, 3.63) is 115 Å². The van der Waals surface area contributed by atoms with Crippen LogP contribution in [0.2, 0.25) is 5.15 Å². The lowest BCUT2D eigenvalue weighted by Gasteiger charge is -2.36. The number of anilines is 3. The quantitative estimate of drug-likeness (QED) is 0.0583. The molecule has 0 radical (unpaired) electrons. The van der Waals surface area contributed by atoms with Gasteiger partial charge >= 0.3 is 0 Å². The summed E-state index contributed by atoms with van der Waals surface area (Å²) in [7, 11) is 9.05. The summed E-state index contributed by atoms with van der Waals surface area (Å²) >= 11 is 6.18. The van der Waals surface area contributed by atoms with E-state index in [-0.39, 0.29) is 47.5 Å². The molecular weight excluding hydrogens is 1140 g/mol. The van der Waals surface area contributed by atoms with E-state index in [1.165, 1.54) is 64.6 Å². The number of ether oxygens (including phenoxy) is 8. The van der Waals surface area contributed by atoms with E-state index in [9.17, 15) is 8.78 Å². The number of nitrogen functional groups attached to an aromatic ring is 1. The van der Waals surface area contributed by atoms with Crippen molar-refractivity contribution in [3.8, 4) is 57.8 Å². The van der Waals surface area contributed by atoms with Gasteiger partial charge in [0.15, 0.2) is 46.5 Å². The van der Waals surface area contributed by atoms with Crippen molar-refractivity contribution in [2.45, 2.75) is 50.7 Å². The molecule has 29 heteroatoms. The first-order valence-corrected chi connectivity index (χ1v) is 26.5. The Bertz CT molecular complexity index is 4030. The SMILES string of the molecule is COc1cc2ncnc(Cl)c2c(O[C@@H]2CCN(C)CC2(F)F)c1OC.COc1cc2ncnc(Nc3ccc(Oc4cc5ncnn5cn4)c(C)c3)c2c(O[C@@H]2CCN(C)CC2(F)F)c1OC.Cc1cc(N)ccc1Oc1cc2ncnn2cn1. The molecule has 0 amide bonds. The number of likely N-dealkylation sites (tertiary alicyclic amines) is 2. The highest BCUT2D eigenvalue weighted by molar-refractivity contribution is 6.34. The molecule has 444 valence electrons. The van der Waals surface area contributed by atoms with Gasteiger partial charge in [0.2, 0.25) is 23.3 Å². The largest absolute Gasteiger partial charge is 0.493 e. The summed E-state index contributed by atoms with van der Waals surface area (Å²) in [5, 5.41) is 12.1. The van der Waals surface area contributed by atoms with Crippen LogP contribution in [0.4, 0.5) is 34.8 Å². The minimum Gasteiger partial charge on any atom is -0.493 e. The number of nitrogens with one attached hydrogen (secondary N) is 1. The fourth-order valence-corrected chi connectivity index (χ4v) is 9.77. The second kappa shape index (κ2) is 24.8. The van der Waals surface area contributed by atoms with Crippen LogP contribution in [-0.2, 0) is 0 Å². The molecule has 2 saturated heterocycles. The van der Waals surface area contributed by atoms with Crippen LogP contribution < -0.4 is 48.9 Å². The zero-order valence-electron chi connectivity index (χ0n) is 47.1. The molecule has 6 aromatic heterocycles. The summed E-state index contributed by atoms with van der Waals surface area (Å²) in [5.41, 5.74) is 11.0. The third kappa shape index (κ3) is 12.9. The monoisotopic (exact) mass is 1190 g/mol. The molecule has 0 saturated carbocycles. The number of aryl methyl sites for hydroxylation is 2. The van der Waals surface area contributed by atoms with Crippen molar-refractivity contribution in [2.75, 3.05) is 79.8 Å². The number of methoxy groups -OCH3 is 4. The highest BCUT2D eigenvalue weighted by Gasteiger charge is 2.47. The molecule has 0 unspecified atom stereocenters. The fourth-order valence-electron chi connectivity index (χ4n) is 9.55. The molecule has 3 N–H and O–H groups in total. The Hall–Kier alpha value is -9.41. The van der Waals surface area contributed by atoms with E-state index in [4.69, 9.17) is 55.2 Å². The van der Waals surface area contributed by atoms with Crippen molar-refractivity contribution >= 4 is 61.9 Å². The highest BCUT2D eigenvalue weighted by Crippen LogP contribution is 2.49. The number of hydrogen-bond acceptors (Lipinski definition) is 22. The van der Waals surface area contributed by atoms with Gasteiger partial charge < -0.3 is 58.7 Å². The molecule has 24 nitrogen and oxygen atoms in total. The van der Waals surface area contributed by atoms with Crippen LogP contribution >= 0.6 is 11.6 Å². The Balaban J connectivity index is 0.000000157. The van der Waals surface area contributed by atoms with Gasteiger partial charge in [-0.25, -0.2) is 66.5 Å². The second-order valence-electron chi connectivity index (χ2n) is 19.8. The van der Waals surface area contributed by atoms with Gasteiger partial charge in [-0.05, 0) is 75.5 Å². The standard InChI is InChI=1S/C28H28F2N8O4.C16H18ClF2N3O3.C12H11N5O/c1-16-9-17(5-6-19(16)41-23-11-22-32-14-35-38(22)15-34-23)36-27-24-18(31-13-33-27)10-20(39-3)25(40-4)26(24)42-21-7-8-37(2)12-28(21,29)30;1-22-5-4-11(16(18,19)7-22)25-14-12-9(20-8-21-15(12)17)6-10(23-2)13(14)24-3;1-8-4-9(13)2-3-10(8)18-12-5-11-14-6-16-17(11)7-15-12/h5-6,9-11,13-15,21H,7-8,12H2,1-4H3,(H,31,33,36);6,8,11H,4-5,7H2,1-3H3;2-7H,13H2,1H3/t21-;11-;/m11./s1. The molecule has 2 atom stereocenters. The predicted molar refractivity (Wildman–Crippen MR) is 305 cm³/mol. The van der Waals surface area contributed by atoms with Crippen LogP contribution in [0.5, 0.6) is 57.8 Å². The van der Waals surface area contributed by atoms with Crippen molar-refractivity contribution in [2.24, 2.45) is 0 Å². The van der Waals surface area contributed by atoms with Crippen LogP contribution in [0, 0.1) is 13.8 Å². The van der Waals surface area contributed by atoms with Crippen molar-refractivity contribution in [3.63, 3.8) is 0 Å². The second-order valence-corrected chi connectivity index (χ2v) is 20.1. The van der Waals surface area contributed by atoms with Gasteiger partial charge in [-0.1, -0.05) is 11.6 Å². The predicted octanol–water partition coefficient (Wildman–Crippen LogP) is 9.47. The molecule has 2 aliphatic heterocycles. The molecule has 10 aromatic rings. The van der Waals surface area contributed by atoms with E-state index >= 15 is 8.78 Å². The molecule has 85 heavy (non-hydrogen) atoms. The number of rotatable bonds is 14. The number of fused-ring (bicyclic) bond motifs is 4. The van der Waals surface area contributed by atoms with Gasteiger partial charge in [0.1, 0.15) is 60.4 Å². The van der Waals surface area contributed by atoms with Gasteiger partial charge in [0, 0.05) is 61.6 Å². The maximum absolute atomic E-state index is 15.1. The van der Waals surface area contributed by atoms with Crippen LogP contribution in [0.25, 0.3) is 33.1 Å². The Labute approximate surface area is 487 Å². The average molecular weight is 1190 g/mol. The normalized spacial score (nSPS) is 16.6. The summed E-state index contributed by atoms with van der Waals surface area (Å²) in [6.45, 7) is 3.97. The Morgan fingerprint density at radius 1 is 0.553 bits per heavy atom. The molecule has 0 aliphatic carbocycles. The Kier molecular flexibility index (Phi) is 17.2. The number of nitrogens with two attached hydrogens (primary N) is 1. The number of piperidine rings is 2.